The Morgan fingerprint density at radius 2 is 1.00 bits per heavy atom. The zero-order valence-electron chi connectivity index (χ0n) is 16.7. The Labute approximate surface area is 184 Å². The molecule has 1 N–H and O–H groups in total. The van der Waals surface area contributed by atoms with E-state index >= 15 is 0 Å². The Morgan fingerprint density at radius 3 is 1.33 bits per heavy atom. The molecule has 0 unspecified atom stereocenters. The Hall–Kier alpha value is -3.05. The number of ether oxygens (including phenoxy) is 1. The summed E-state index contributed by atoms with van der Waals surface area (Å²) < 4.78 is 9.42. The molecule has 4 aromatic rings. The summed E-state index contributed by atoms with van der Waals surface area (Å²) in [7, 11) is 1.45. The van der Waals surface area contributed by atoms with Crippen LogP contribution in [-0.4, -0.2) is 37.9 Å². The number of hydrogen-bond donors (Lipinski definition) is 1. The van der Waals surface area contributed by atoms with Crippen molar-refractivity contribution in [3.8, 4) is 5.75 Å². The number of methoxy groups -OCH3 is 1. The molecule has 149 valence electrons. The van der Waals surface area contributed by atoms with Crippen molar-refractivity contribution in [3.63, 3.8) is 0 Å². The van der Waals surface area contributed by atoms with Crippen LogP contribution < -0.4 is 15.5 Å². The van der Waals surface area contributed by atoms with Crippen LogP contribution in [-0.2, 0) is 0 Å². The number of para-hydroxylation sites is 1. The second-order valence-corrected chi connectivity index (χ2v) is 13.6. The number of hydrogen-bond acceptors (Lipinski definition) is 2. The zero-order valence-corrected chi connectivity index (χ0v) is 19.6. The summed E-state index contributed by atoms with van der Waals surface area (Å²) in [5.41, 5.74) is 0.190. The second kappa shape index (κ2) is 11.2. The van der Waals surface area contributed by atoms with E-state index in [-0.39, 0.29) is 5.56 Å². The van der Waals surface area contributed by atoms with Gasteiger partial charge in [-0.05, 0) is 12.1 Å². The third kappa shape index (κ3) is 5.74. The maximum absolute atomic E-state index is 10.5. The summed E-state index contributed by atoms with van der Waals surface area (Å²) in [6.07, 6.45) is 0. The van der Waals surface area contributed by atoms with E-state index in [1.807, 2.05) is 0 Å². The monoisotopic (exact) mass is 503 g/mol. The quantitative estimate of drug-likeness (QED) is 0.425. The summed E-state index contributed by atoms with van der Waals surface area (Å²) >= 11 is -1.98. The van der Waals surface area contributed by atoms with E-state index in [0.29, 0.717) is 5.75 Å². The Balaban J connectivity index is 0.000000199. The fourth-order valence-corrected chi connectivity index (χ4v) is 10.5. The van der Waals surface area contributed by atoms with E-state index in [9.17, 15) is 4.79 Å². The van der Waals surface area contributed by atoms with Gasteiger partial charge in [0.05, 0.1) is 7.11 Å². The summed E-state index contributed by atoms with van der Waals surface area (Å²) in [6, 6.07) is 39.4. The Bertz CT molecular complexity index is 957. The molecule has 0 saturated carbocycles. The Morgan fingerprint density at radius 1 is 0.633 bits per heavy atom. The van der Waals surface area contributed by atoms with Gasteiger partial charge in [0.2, 0.25) is 0 Å². The molecule has 0 atom stereocenters. The minimum atomic E-state index is -1.98. The van der Waals surface area contributed by atoms with E-state index < -0.39 is 25.7 Å². The van der Waals surface area contributed by atoms with Crippen LogP contribution in [0.5, 0.6) is 5.75 Å². The third-order valence-corrected chi connectivity index (χ3v) is 12.3. The molecule has 4 heteroatoms. The van der Waals surface area contributed by atoms with Gasteiger partial charge in [0.15, 0.2) is 0 Å². The van der Waals surface area contributed by atoms with Gasteiger partial charge < -0.3 is 9.84 Å². The van der Waals surface area contributed by atoms with Gasteiger partial charge in [-0.2, -0.15) is 0 Å². The zero-order chi connectivity index (χ0) is 21.2. The van der Waals surface area contributed by atoms with Crippen LogP contribution in [0.2, 0.25) is 0 Å². The van der Waals surface area contributed by atoms with Crippen molar-refractivity contribution < 1.29 is 14.6 Å². The molecule has 0 bridgehead atoms. The van der Waals surface area contributed by atoms with E-state index in [0.717, 1.165) is 0 Å². The van der Waals surface area contributed by atoms with Crippen molar-refractivity contribution >= 4 is 36.5 Å². The summed E-state index contributed by atoms with van der Waals surface area (Å²) in [5.74, 6) is -0.581. The molecule has 4 aromatic carbocycles. The van der Waals surface area contributed by atoms with Crippen LogP contribution in [0.25, 0.3) is 0 Å². The van der Waals surface area contributed by atoms with Crippen LogP contribution >= 0.6 is 0 Å². The number of carboxylic acids is 1. The number of carboxylic acid groups (broad SMARTS) is 1. The molecular weight excluding hydrogens is 479 g/mol. The molecule has 0 fully saturated rings. The van der Waals surface area contributed by atoms with Crippen molar-refractivity contribution in [2.75, 3.05) is 7.11 Å². The van der Waals surface area contributed by atoms with Gasteiger partial charge in [-0.1, -0.05) is 12.1 Å². The molecule has 30 heavy (non-hydrogen) atoms. The van der Waals surface area contributed by atoms with Crippen molar-refractivity contribution in [1.82, 2.24) is 0 Å². The molecule has 0 aliphatic carbocycles. The topological polar surface area (TPSA) is 46.5 Å². The first kappa shape index (κ1) is 21.7. The third-order valence-electron chi connectivity index (χ3n) is 4.52. The van der Waals surface area contributed by atoms with Gasteiger partial charge in [0.25, 0.3) is 0 Å². The molecule has 0 aliphatic heterocycles. The van der Waals surface area contributed by atoms with Gasteiger partial charge in [0, 0.05) is 0 Å². The fraction of sp³-hybridized carbons (Fsp3) is 0.0385. The predicted molar refractivity (Wildman–Crippen MR) is 124 cm³/mol. The normalized spacial score (nSPS) is 10.1. The second-order valence-electron chi connectivity index (χ2n) is 6.48. The number of aromatic carboxylic acids is 1. The first-order valence-electron chi connectivity index (χ1n) is 9.60. The number of benzene rings is 4. The van der Waals surface area contributed by atoms with Crippen molar-refractivity contribution in [1.29, 1.82) is 0 Å². The van der Waals surface area contributed by atoms with E-state index in [4.69, 9.17) is 9.84 Å². The standard InChI is InChI=1S/C8H8O3.3C6H5.Sn/c1-11-7-5-3-2-4-6(7)8(9)10;3*1-2-4-6-5-3-1;/h2-5H,1H3,(H,9,10);3*1-5H;. The first-order chi connectivity index (χ1) is 14.7. The summed E-state index contributed by atoms with van der Waals surface area (Å²) in [4.78, 5) is 10.5. The fourth-order valence-electron chi connectivity index (χ4n) is 3.14. The molecule has 3 nitrogen and oxygen atoms in total. The average Bonchev–Trinajstić information content (AvgIpc) is 2.82. The van der Waals surface area contributed by atoms with E-state index in [2.05, 4.69) is 91.0 Å². The van der Waals surface area contributed by atoms with Crippen molar-refractivity contribution in [2.45, 2.75) is 0 Å². The SMILES string of the molecule is COc1ccccc1C(=O)O.c1cc[c]([Sn]([c]2ccccc2)[c]2ccccc2)cc1. The van der Waals surface area contributed by atoms with Crippen LogP contribution in [0.15, 0.2) is 115 Å². The summed E-state index contributed by atoms with van der Waals surface area (Å²) in [6.45, 7) is 0. The van der Waals surface area contributed by atoms with Gasteiger partial charge in [-0.15, -0.1) is 0 Å². The predicted octanol–water partition coefficient (Wildman–Crippen LogP) is 3.60. The van der Waals surface area contributed by atoms with Crippen molar-refractivity contribution in [3.05, 3.63) is 121 Å². The van der Waals surface area contributed by atoms with Gasteiger partial charge >= 0.3 is 127 Å². The van der Waals surface area contributed by atoms with Crippen LogP contribution in [0, 0.1) is 0 Å². The molecule has 0 aliphatic rings. The molecule has 0 amide bonds. The molecule has 0 saturated heterocycles. The molecule has 1 radical (unpaired) electrons. The van der Waals surface area contributed by atoms with Gasteiger partial charge in [0.1, 0.15) is 11.3 Å². The van der Waals surface area contributed by atoms with E-state index in [1.165, 1.54) is 23.9 Å². The van der Waals surface area contributed by atoms with Crippen LogP contribution in [0.3, 0.4) is 0 Å². The molecular formula is C26H23O3Sn. The first-order valence-corrected chi connectivity index (χ1v) is 13.9. The summed E-state index contributed by atoms with van der Waals surface area (Å²) in [5, 5.41) is 8.62. The number of rotatable bonds is 5. The molecule has 4 rings (SSSR count). The van der Waals surface area contributed by atoms with E-state index in [1.54, 1.807) is 18.2 Å². The molecule has 0 aromatic heterocycles. The Kier molecular flexibility index (Phi) is 8.09. The number of carbonyl (C=O) groups is 1. The minimum absolute atomic E-state index is 0.190. The van der Waals surface area contributed by atoms with Gasteiger partial charge in [-0.25, -0.2) is 4.79 Å². The van der Waals surface area contributed by atoms with Crippen LogP contribution in [0.1, 0.15) is 10.4 Å². The average molecular weight is 502 g/mol. The van der Waals surface area contributed by atoms with Gasteiger partial charge in [-0.3, -0.25) is 0 Å². The van der Waals surface area contributed by atoms with Crippen LogP contribution in [0.4, 0.5) is 0 Å². The molecule has 0 heterocycles. The maximum atomic E-state index is 10.5. The molecule has 0 spiro atoms. The van der Waals surface area contributed by atoms with Crippen molar-refractivity contribution in [2.24, 2.45) is 0 Å².